The summed E-state index contributed by atoms with van der Waals surface area (Å²) < 4.78 is 2.17. The molecule has 2 radical (unpaired) electrons. The van der Waals surface area contributed by atoms with E-state index in [9.17, 15) is 0 Å². The Labute approximate surface area is 121 Å². The lowest BCUT2D eigenvalue weighted by Gasteiger charge is -2.13. The fraction of sp³-hybridized carbons (Fsp3) is 0.412. The van der Waals surface area contributed by atoms with Crippen molar-refractivity contribution in [3.05, 3.63) is 48.0 Å². The van der Waals surface area contributed by atoms with Crippen molar-refractivity contribution < 1.29 is 0 Å². The van der Waals surface area contributed by atoms with E-state index in [4.69, 9.17) is 12.0 Å². The Bertz CT molecular complexity index is 593. The number of hydrogen-bond acceptors (Lipinski definition) is 2. The summed E-state index contributed by atoms with van der Waals surface area (Å²) in [5.74, 6) is 0. The van der Waals surface area contributed by atoms with Crippen LogP contribution in [0.5, 0.6) is 0 Å². The largest absolute Gasteiger partial charge is 0.316 e. The van der Waals surface area contributed by atoms with Gasteiger partial charge in [0, 0.05) is 30.1 Å². The van der Waals surface area contributed by atoms with E-state index in [1.165, 1.54) is 22.5 Å². The van der Waals surface area contributed by atoms with Crippen molar-refractivity contribution in [1.29, 1.82) is 0 Å². The van der Waals surface area contributed by atoms with E-state index >= 15 is 0 Å². The molecular formula is C17H21N3. The summed E-state index contributed by atoms with van der Waals surface area (Å²) in [6, 6.07) is 8.50. The Kier molecular flexibility index (Phi) is 3.62. The third-order valence-electron chi connectivity index (χ3n) is 3.86. The number of aromatic nitrogens is 2. The molecule has 1 aliphatic heterocycles. The van der Waals surface area contributed by atoms with E-state index in [0.29, 0.717) is 6.04 Å². The number of rotatable bonds is 2. The smallest absolute Gasteiger partial charge is 0.0720 e. The minimum Gasteiger partial charge on any atom is -0.316 e. The predicted octanol–water partition coefficient (Wildman–Crippen LogP) is 2.88. The van der Waals surface area contributed by atoms with Crippen molar-refractivity contribution in [3.8, 4) is 11.3 Å². The van der Waals surface area contributed by atoms with E-state index in [2.05, 4.69) is 36.0 Å². The molecule has 20 heavy (non-hydrogen) atoms. The van der Waals surface area contributed by atoms with Crippen molar-refractivity contribution >= 4 is 0 Å². The summed E-state index contributed by atoms with van der Waals surface area (Å²) in [5.41, 5.74) is 5.92. The first-order valence-corrected chi connectivity index (χ1v) is 7.33. The van der Waals surface area contributed by atoms with Gasteiger partial charge in [-0.3, -0.25) is 4.68 Å². The van der Waals surface area contributed by atoms with E-state index in [0.717, 1.165) is 31.5 Å². The molecule has 2 aromatic rings. The second-order valence-electron chi connectivity index (χ2n) is 5.68. The Morgan fingerprint density at radius 1 is 1.15 bits per heavy atom. The molecule has 104 valence electrons. The summed E-state index contributed by atoms with van der Waals surface area (Å²) >= 11 is 0. The molecule has 1 aromatic heterocycles. The maximum atomic E-state index is 5.81. The zero-order valence-electron chi connectivity index (χ0n) is 12.2. The van der Waals surface area contributed by atoms with E-state index in [-0.39, 0.29) is 0 Å². The zero-order valence-corrected chi connectivity index (χ0v) is 12.2. The van der Waals surface area contributed by atoms with Crippen LogP contribution in [-0.2, 0) is 12.8 Å². The normalized spacial score (nSPS) is 15.2. The number of benzene rings is 1. The second-order valence-corrected chi connectivity index (χ2v) is 5.68. The molecule has 3 heteroatoms. The first-order chi connectivity index (χ1) is 9.66. The van der Waals surface area contributed by atoms with Crippen molar-refractivity contribution in [3.63, 3.8) is 0 Å². The second kappa shape index (κ2) is 5.41. The van der Waals surface area contributed by atoms with Crippen LogP contribution in [-0.4, -0.2) is 22.9 Å². The molecular weight excluding hydrogens is 246 g/mol. The minimum absolute atomic E-state index is 0.363. The molecule has 0 unspecified atom stereocenters. The lowest BCUT2D eigenvalue weighted by Crippen LogP contribution is -2.17. The third kappa shape index (κ3) is 2.38. The van der Waals surface area contributed by atoms with Crippen LogP contribution in [0.3, 0.4) is 0 Å². The van der Waals surface area contributed by atoms with Gasteiger partial charge in [0.1, 0.15) is 0 Å². The van der Waals surface area contributed by atoms with Gasteiger partial charge in [0.2, 0.25) is 0 Å². The van der Waals surface area contributed by atoms with Gasteiger partial charge in [-0.2, -0.15) is 5.10 Å². The average Bonchev–Trinajstić information content (AvgIpc) is 2.64. The molecule has 0 atom stereocenters. The van der Waals surface area contributed by atoms with Crippen LogP contribution >= 0.6 is 0 Å². The highest BCUT2D eigenvalue weighted by Gasteiger charge is 2.21. The topological polar surface area (TPSA) is 29.9 Å². The van der Waals surface area contributed by atoms with E-state index in [1.807, 2.05) is 12.1 Å². The molecule has 1 N–H and O–H groups in total. The van der Waals surface area contributed by atoms with Crippen LogP contribution < -0.4 is 5.32 Å². The van der Waals surface area contributed by atoms with Crippen LogP contribution in [0.1, 0.15) is 36.7 Å². The average molecular weight is 267 g/mol. The van der Waals surface area contributed by atoms with Crippen LogP contribution in [0, 0.1) is 6.92 Å². The Morgan fingerprint density at radius 2 is 1.85 bits per heavy atom. The maximum absolute atomic E-state index is 5.81. The number of nitrogens with one attached hydrogen (secondary N) is 1. The molecule has 3 nitrogen and oxygen atoms in total. The Hall–Kier alpha value is -1.61. The van der Waals surface area contributed by atoms with Crippen LogP contribution in [0.4, 0.5) is 0 Å². The monoisotopic (exact) mass is 267 g/mol. The standard InChI is InChI=1S/C17H21N3/c1-12(2)20-17(14-6-4-13(3)5-7-14)15-8-10-18-11-9-16(15)19-20/h3-7,12,18H,8-11H2,1-2H3. The molecule has 0 bridgehead atoms. The van der Waals surface area contributed by atoms with Gasteiger partial charge in [-0.1, -0.05) is 24.3 Å². The maximum Gasteiger partial charge on any atom is 0.0720 e. The van der Waals surface area contributed by atoms with Gasteiger partial charge in [-0.05, 0) is 39.3 Å². The Morgan fingerprint density at radius 3 is 2.55 bits per heavy atom. The van der Waals surface area contributed by atoms with Gasteiger partial charge in [0.05, 0.1) is 11.4 Å². The fourth-order valence-corrected chi connectivity index (χ4v) is 2.85. The highest BCUT2D eigenvalue weighted by Crippen LogP contribution is 2.30. The van der Waals surface area contributed by atoms with Crippen molar-refractivity contribution in [2.75, 3.05) is 13.1 Å². The number of hydrogen-bond donors (Lipinski definition) is 1. The third-order valence-corrected chi connectivity index (χ3v) is 3.86. The van der Waals surface area contributed by atoms with Gasteiger partial charge in [-0.25, -0.2) is 0 Å². The van der Waals surface area contributed by atoms with Crippen molar-refractivity contribution in [2.45, 2.75) is 32.7 Å². The number of nitrogens with zero attached hydrogens (tertiary/aromatic N) is 2. The van der Waals surface area contributed by atoms with Gasteiger partial charge >= 0.3 is 0 Å². The molecule has 0 aliphatic carbocycles. The Balaban J connectivity index is 2.16. The van der Waals surface area contributed by atoms with Crippen LogP contribution in [0.2, 0.25) is 0 Å². The van der Waals surface area contributed by atoms with E-state index in [1.54, 1.807) is 0 Å². The molecule has 1 aliphatic rings. The molecule has 0 saturated carbocycles. The molecule has 0 spiro atoms. The SMILES string of the molecule is [CH]c1ccc(-c2c3c(nn2C(C)C)CCNCC3)cc1. The van der Waals surface area contributed by atoms with Gasteiger partial charge < -0.3 is 5.32 Å². The summed E-state index contributed by atoms with van der Waals surface area (Å²) in [5, 5.41) is 8.30. The van der Waals surface area contributed by atoms with Gasteiger partial charge in [0.25, 0.3) is 0 Å². The number of fused-ring (bicyclic) bond motifs is 1. The van der Waals surface area contributed by atoms with Crippen LogP contribution in [0.25, 0.3) is 11.3 Å². The van der Waals surface area contributed by atoms with E-state index < -0.39 is 0 Å². The molecule has 3 rings (SSSR count). The first-order valence-electron chi connectivity index (χ1n) is 7.33. The summed E-state index contributed by atoms with van der Waals surface area (Å²) in [7, 11) is 0. The van der Waals surface area contributed by atoms with Gasteiger partial charge in [-0.15, -0.1) is 0 Å². The molecule has 0 saturated heterocycles. The summed E-state index contributed by atoms with van der Waals surface area (Å²) in [6.45, 7) is 12.2. The predicted molar refractivity (Wildman–Crippen MR) is 81.7 cm³/mol. The summed E-state index contributed by atoms with van der Waals surface area (Å²) in [6.07, 6.45) is 2.05. The van der Waals surface area contributed by atoms with Crippen molar-refractivity contribution in [1.82, 2.24) is 15.1 Å². The molecule has 0 amide bonds. The summed E-state index contributed by atoms with van der Waals surface area (Å²) in [4.78, 5) is 0. The molecule has 1 aromatic carbocycles. The zero-order chi connectivity index (χ0) is 14.1. The quantitative estimate of drug-likeness (QED) is 0.906. The molecule has 2 heterocycles. The van der Waals surface area contributed by atoms with Crippen molar-refractivity contribution in [2.24, 2.45) is 0 Å². The fourth-order valence-electron chi connectivity index (χ4n) is 2.85. The molecule has 0 fully saturated rings. The lowest BCUT2D eigenvalue weighted by molar-refractivity contribution is 0.529. The highest BCUT2D eigenvalue weighted by atomic mass is 15.3. The van der Waals surface area contributed by atoms with Crippen LogP contribution in [0.15, 0.2) is 24.3 Å². The lowest BCUT2D eigenvalue weighted by atomic mass is 10.0. The first kappa shape index (κ1) is 13.4. The minimum atomic E-state index is 0.363. The van der Waals surface area contributed by atoms with Gasteiger partial charge in [0.15, 0.2) is 0 Å². The highest BCUT2D eigenvalue weighted by molar-refractivity contribution is 5.65.